The first kappa shape index (κ1) is 10.5. The molecule has 0 saturated heterocycles. The highest BCUT2D eigenvalue weighted by atomic mass is 16.2. The number of amides is 1. The van der Waals surface area contributed by atoms with Gasteiger partial charge in [-0.3, -0.25) is 4.79 Å². The van der Waals surface area contributed by atoms with Crippen molar-refractivity contribution in [1.29, 1.82) is 0 Å². The van der Waals surface area contributed by atoms with Gasteiger partial charge in [-0.1, -0.05) is 0 Å². The SMILES string of the molecule is CC(NC(=O)CCCCO)C1CC1. The summed E-state index contributed by atoms with van der Waals surface area (Å²) < 4.78 is 0. The zero-order chi connectivity index (χ0) is 9.68. The van der Waals surface area contributed by atoms with Gasteiger partial charge in [0.1, 0.15) is 0 Å². The first-order valence-electron chi connectivity index (χ1n) is 5.14. The summed E-state index contributed by atoms with van der Waals surface area (Å²) in [4.78, 5) is 11.3. The molecule has 13 heavy (non-hydrogen) atoms. The Morgan fingerprint density at radius 2 is 2.23 bits per heavy atom. The van der Waals surface area contributed by atoms with E-state index in [9.17, 15) is 4.79 Å². The van der Waals surface area contributed by atoms with Gasteiger partial charge in [0.05, 0.1) is 0 Å². The molecular weight excluding hydrogens is 166 g/mol. The van der Waals surface area contributed by atoms with E-state index in [0.29, 0.717) is 12.5 Å². The number of aliphatic hydroxyl groups is 1. The molecule has 0 aromatic heterocycles. The minimum absolute atomic E-state index is 0.132. The third-order valence-electron chi connectivity index (χ3n) is 2.53. The summed E-state index contributed by atoms with van der Waals surface area (Å²) in [6.07, 6.45) is 4.60. The van der Waals surface area contributed by atoms with Crippen LogP contribution in [0.1, 0.15) is 39.0 Å². The van der Waals surface area contributed by atoms with Crippen LogP contribution in [0.25, 0.3) is 0 Å². The summed E-state index contributed by atoms with van der Waals surface area (Å²) in [5, 5.41) is 11.5. The molecular formula is C10H19NO2. The molecule has 1 aliphatic rings. The molecule has 0 aromatic rings. The van der Waals surface area contributed by atoms with E-state index in [-0.39, 0.29) is 12.5 Å². The van der Waals surface area contributed by atoms with Crippen LogP contribution in [-0.4, -0.2) is 23.7 Å². The van der Waals surface area contributed by atoms with Crippen LogP contribution in [0, 0.1) is 5.92 Å². The van der Waals surface area contributed by atoms with Crippen LogP contribution in [0.2, 0.25) is 0 Å². The molecule has 1 amide bonds. The van der Waals surface area contributed by atoms with Gasteiger partial charge in [-0.05, 0) is 38.5 Å². The number of rotatable bonds is 6. The van der Waals surface area contributed by atoms with Gasteiger partial charge in [-0.15, -0.1) is 0 Å². The average Bonchev–Trinajstić information content (AvgIpc) is 2.86. The summed E-state index contributed by atoms with van der Waals surface area (Å²) in [5.74, 6) is 0.856. The maximum absolute atomic E-state index is 11.3. The molecule has 2 N–H and O–H groups in total. The van der Waals surface area contributed by atoms with E-state index in [2.05, 4.69) is 12.2 Å². The van der Waals surface area contributed by atoms with Crippen LogP contribution in [0.5, 0.6) is 0 Å². The third kappa shape index (κ3) is 4.27. The van der Waals surface area contributed by atoms with E-state index in [1.165, 1.54) is 12.8 Å². The Balaban J connectivity index is 2.02. The summed E-state index contributed by atoms with van der Waals surface area (Å²) in [6.45, 7) is 2.26. The third-order valence-corrected chi connectivity index (χ3v) is 2.53. The van der Waals surface area contributed by atoms with Crippen molar-refractivity contribution < 1.29 is 9.90 Å². The lowest BCUT2D eigenvalue weighted by Crippen LogP contribution is -2.33. The second kappa shape index (κ2) is 5.22. The van der Waals surface area contributed by atoms with Gasteiger partial charge < -0.3 is 10.4 Å². The smallest absolute Gasteiger partial charge is 0.220 e. The van der Waals surface area contributed by atoms with Gasteiger partial charge in [0.2, 0.25) is 5.91 Å². The van der Waals surface area contributed by atoms with Crippen molar-refractivity contribution in [2.75, 3.05) is 6.61 Å². The fourth-order valence-corrected chi connectivity index (χ4v) is 1.44. The maximum Gasteiger partial charge on any atom is 0.220 e. The molecule has 1 rings (SSSR count). The molecule has 3 heteroatoms. The van der Waals surface area contributed by atoms with E-state index < -0.39 is 0 Å². The Kier molecular flexibility index (Phi) is 4.22. The summed E-state index contributed by atoms with van der Waals surface area (Å²) in [6, 6.07) is 0.349. The number of carbonyl (C=O) groups is 1. The van der Waals surface area contributed by atoms with E-state index in [4.69, 9.17) is 5.11 Å². The van der Waals surface area contributed by atoms with E-state index in [1.54, 1.807) is 0 Å². The Morgan fingerprint density at radius 1 is 1.54 bits per heavy atom. The number of carbonyl (C=O) groups excluding carboxylic acids is 1. The standard InChI is InChI=1S/C10H19NO2/c1-8(9-5-6-9)11-10(13)4-2-3-7-12/h8-9,12H,2-7H2,1H3,(H,11,13). The lowest BCUT2D eigenvalue weighted by Gasteiger charge is -2.12. The van der Waals surface area contributed by atoms with Crippen LogP contribution in [-0.2, 0) is 4.79 Å². The Labute approximate surface area is 79.5 Å². The zero-order valence-corrected chi connectivity index (χ0v) is 8.25. The van der Waals surface area contributed by atoms with Crippen molar-refractivity contribution in [3.05, 3.63) is 0 Å². The molecule has 3 nitrogen and oxygen atoms in total. The van der Waals surface area contributed by atoms with E-state index in [1.807, 2.05) is 0 Å². The maximum atomic E-state index is 11.3. The van der Waals surface area contributed by atoms with Crippen molar-refractivity contribution in [2.45, 2.75) is 45.1 Å². The molecule has 76 valence electrons. The van der Waals surface area contributed by atoms with Crippen molar-refractivity contribution in [1.82, 2.24) is 5.32 Å². The highest BCUT2D eigenvalue weighted by molar-refractivity contribution is 5.76. The minimum Gasteiger partial charge on any atom is -0.396 e. The quantitative estimate of drug-likeness (QED) is 0.608. The molecule has 0 aliphatic heterocycles. The number of hydrogen-bond acceptors (Lipinski definition) is 2. The van der Waals surface area contributed by atoms with Gasteiger partial charge in [0.15, 0.2) is 0 Å². The largest absolute Gasteiger partial charge is 0.396 e. The monoisotopic (exact) mass is 185 g/mol. The van der Waals surface area contributed by atoms with Crippen LogP contribution < -0.4 is 5.32 Å². The molecule has 0 bridgehead atoms. The van der Waals surface area contributed by atoms with Gasteiger partial charge >= 0.3 is 0 Å². The van der Waals surface area contributed by atoms with Crippen molar-refractivity contribution >= 4 is 5.91 Å². The minimum atomic E-state index is 0.132. The topological polar surface area (TPSA) is 49.3 Å². The van der Waals surface area contributed by atoms with Gasteiger partial charge in [-0.25, -0.2) is 0 Å². The van der Waals surface area contributed by atoms with E-state index in [0.717, 1.165) is 18.8 Å². The summed E-state index contributed by atoms with van der Waals surface area (Å²) >= 11 is 0. The first-order valence-corrected chi connectivity index (χ1v) is 5.14. The summed E-state index contributed by atoms with van der Waals surface area (Å²) in [5.41, 5.74) is 0. The predicted molar refractivity (Wildman–Crippen MR) is 51.3 cm³/mol. The highest BCUT2D eigenvalue weighted by Crippen LogP contribution is 2.32. The van der Waals surface area contributed by atoms with Crippen LogP contribution >= 0.6 is 0 Å². The Hall–Kier alpha value is -0.570. The number of hydrogen-bond donors (Lipinski definition) is 2. The van der Waals surface area contributed by atoms with Gasteiger partial charge in [0.25, 0.3) is 0 Å². The number of nitrogens with one attached hydrogen (secondary N) is 1. The number of aliphatic hydroxyl groups excluding tert-OH is 1. The second-order valence-corrected chi connectivity index (χ2v) is 3.87. The lowest BCUT2D eigenvalue weighted by atomic mass is 10.2. The van der Waals surface area contributed by atoms with Crippen molar-refractivity contribution in [2.24, 2.45) is 5.92 Å². The molecule has 1 saturated carbocycles. The van der Waals surface area contributed by atoms with Crippen molar-refractivity contribution in [3.8, 4) is 0 Å². The molecule has 0 aromatic carbocycles. The van der Waals surface area contributed by atoms with Crippen LogP contribution in [0.15, 0.2) is 0 Å². The second-order valence-electron chi connectivity index (χ2n) is 3.87. The van der Waals surface area contributed by atoms with Gasteiger partial charge in [-0.2, -0.15) is 0 Å². The van der Waals surface area contributed by atoms with Crippen LogP contribution in [0.4, 0.5) is 0 Å². The van der Waals surface area contributed by atoms with Crippen molar-refractivity contribution in [3.63, 3.8) is 0 Å². The molecule has 0 spiro atoms. The lowest BCUT2D eigenvalue weighted by molar-refractivity contribution is -0.121. The Bertz CT molecular complexity index is 166. The van der Waals surface area contributed by atoms with Gasteiger partial charge in [0, 0.05) is 19.1 Å². The summed E-state index contributed by atoms with van der Waals surface area (Å²) in [7, 11) is 0. The molecule has 1 atom stereocenters. The molecule has 1 aliphatic carbocycles. The number of unbranched alkanes of at least 4 members (excludes halogenated alkanes) is 1. The zero-order valence-electron chi connectivity index (χ0n) is 8.25. The van der Waals surface area contributed by atoms with E-state index >= 15 is 0 Å². The predicted octanol–water partition coefficient (Wildman–Crippen LogP) is 1.06. The fourth-order valence-electron chi connectivity index (χ4n) is 1.44. The molecule has 1 unspecified atom stereocenters. The normalized spacial score (nSPS) is 18.3. The first-order chi connectivity index (χ1) is 6.24. The fraction of sp³-hybridized carbons (Fsp3) is 0.900. The molecule has 1 fully saturated rings. The Morgan fingerprint density at radius 3 is 2.77 bits per heavy atom. The average molecular weight is 185 g/mol. The van der Waals surface area contributed by atoms with Crippen LogP contribution in [0.3, 0.4) is 0 Å². The molecule has 0 heterocycles. The highest BCUT2D eigenvalue weighted by Gasteiger charge is 2.28. The molecule has 0 radical (unpaired) electrons.